The predicted octanol–water partition coefficient (Wildman–Crippen LogP) is 6.79. The highest BCUT2D eigenvalue weighted by atomic mass is 35.5. The second-order valence-electron chi connectivity index (χ2n) is 7.55. The number of nitrogens with zero attached hydrogens (tertiary/aromatic N) is 1. The van der Waals surface area contributed by atoms with Crippen molar-refractivity contribution >= 4 is 80.2 Å². The second kappa shape index (κ2) is 10.8. The van der Waals surface area contributed by atoms with E-state index < -0.39 is 5.97 Å². The van der Waals surface area contributed by atoms with Crippen LogP contribution in [-0.2, 0) is 16.2 Å². The summed E-state index contributed by atoms with van der Waals surface area (Å²) in [4.78, 5) is 25.8. The van der Waals surface area contributed by atoms with Crippen molar-refractivity contribution in [3.8, 4) is 5.75 Å². The summed E-state index contributed by atoms with van der Waals surface area (Å²) >= 11 is 18.9. The van der Waals surface area contributed by atoms with E-state index in [9.17, 15) is 9.59 Å². The molecule has 0 aromatic heterocycles. The van der Waals surface area contributed by atoms with Crippen LogP contribution in [0.3, 0.4) is 0 Å². The zero-order valence-electron chi connectivity index (χ0n) is 17.8. The third-order valence-corrected chi connectivity index (χ3v) is 7.22. The molecular weight excluding hydrogens is 513 g/mol. The molecule has 1 aliphatic heterocycles. The highest BCUT2D eigenvalue weighted by Gasteiger charge is 2.32. The quantitative estimate of drug-likeness (QED) is 0.255. The number of rotatable bonds is 8. The van der Waals surface area contributed by atoms with Crippen LogP contribution in [0.15, 0.2) is 59.5 Å². The molecule has 1 heterocycles. The number of fused-ring (bicyclic) bond motifs is 1. The number of carbonyl (C=O) groups excluding carboxylic acids is 1. The van der Waals surface area contributed by atoms with Crippen LogP contribution in [0.1, 0.15) is 24.0 Å². The van der Waals surface area contributed by atoms with Crippen molar-refractivity contribution < 1.29 is 19.4 Å². The van der Waals surface area contributed by atoms with Gasteiger partial charge in [0.05, 0.1) is 4.91 Å². The minimum absolute atomic E-state index is 0.0231. The number of carbonyl (C=O) groups is 2. The van der Waals surface area contributed by atoms with Gasteiger partial charge in [-0.25, -0.2) is 0 Å². The molecule has 4 rings (SSSR count). The summed E-state index contributed by atoms with van der Waals surface area (Å²) in [5.41, 5.74) is 1.55. The number of benzene rings is 3. The average molecular weight is 532 g/mol. The van der Waals surface area contributed by atoms with Gasteiger partial charge in [0.25, 0.3) is 5.91 Å². The minimum atomic E-state index is -0.903. The zero-order chi connectivity index (χ0) is 24.2. The first-order valence-electron chi connectivity index (χ1n) is 10.4. The summed E-state index contributed by atoms with van der Waals surface area (Å²) in [6.45, 7) is 0.494. The van der Waals surface area contributed by atoms with E-state index in [-0.39, 0.29) is 25.5 Å². The van der Waals surface area contributed by atoms with Gasteiger partial charge >= 0.3 is 5.97 Å². The number of thioether (sulfide) groups is 1. The summed E-state index contributed by atoms with van der Waals surface area (Å²) in [7, 11) is 0. The Kier molecular flexibility index (Phi) is 7.78. The molecule has 0 spiro atoms. The SMILES string of the molecule is O=C(O)CCCN1C(=O)C(=Cc2c(OCc3ccc(Cl)cc3Cl)ccc3ccccc23)SC1=S. The van der Waals surface area contributed by atoms with Crippen molar-refractivity contribution in [1.82, 2.24) is 4.90 Å². The molecule has 0 bridgehead atoms. The summed E-state index contributed by atoms with van der Waals surface area (Å²) < 4.78 is 6.55. The topological polar surface area (TPSA) is 66.8 Å². The Morgan fingerprint density at radius 3 is 2.71 bits per heavy atom. The van der Waals surface area contributed by atoms with Gasteiger partial charge in [-0.2, -0.15) is 0 Å². The first-order valence-corrected chi connectivity index (χ1v) is 12.4. The maximum atomic E-state index is 13.0. The third kappa shape index (κ3) is 5.55. The Labute approximate surface area is 216 Å². The Hall–Kier alpha value is -2.58. The third-order valence-electron chi connectivity index (χ3n) is 5.25. The molecule has 0 unspecified atom stereocenters. The molecule has 1 aliphatic rings. The molecule has 9 heteroatoms. The van der Waals surface area contributed by atoms with Crippen LogP contribution in [0.5, 0.6) is 5.75 Å². The lowest BCUT2D eigenvalue weighted by Crippen LogP contribution is -2.29. The highest BCUT2D eigenvalue weighted by Crippen LogP contribution is 2.37. The number of hydrogen-bond acceptors (Lipinski definition) is 5. The summed E-state index contributed by atoms with van der Waals surface area (Å²) in [5.74, 6) is -0.541. The van der Waals surface area contributed by atoms with Crippen LogP contribution in [0.2, 0.25) is 10.0 Å². The van der Waals surface area contributed by atoms with Gasteiger partial charge in [0, 0.05) is 34.1 Å². The molecule has 0 saturated carbocycles. The number of ether oxygens (including phenoxy) is 1. The van der Waals surface area contributed by atoms with Crippen LogP contribution in [0.25, 0.3) is 16.8 Å². The monoisotopic (exact) mass is 531 g/mol. The maximum absolute atomic E-state index is 13.0. The molecule has 3 aromatic rings. The molecule has 0 aliphatic carbocycles. The minimum Gasteiger partial charge on any atom is -0.488 e. The largest absolute Gasteiger partial charge is 0.488 e. The van der Waals surface area contributed by atoms with Gasteiger partial charge in [-0.05, 0) is 41.5 Å². The van der Waals surface area contributed by atoms with E-state index in [1.807, 2.05) is 42.5 Å². The molecule has 0 atom stereocenters. The number of hydrogen-bond donors (Lipinski definition) is 1. The van der Waals surface area contributed by atoms with E-state index in [0.717, 1.165) is 21.9 Å². The predicted molar refractivity (Wildman–Crippen MR) is 141 cm³/mol. The number of carboxylic acids is 1. The normalized spacial score (nSPS) is 14.9. The van der Waals surface area contributed by atoms with E-state index >= 15 is 0 Å². The van der Waals surface area contributed by atoms with Crippen LogP contribution in [0.4, 0.5) is 0 Å². The average Bonchev–Trinajstić information content (AvgIpc) is 3.06. The van der Waals surface area contributed by atoms with E-state index in [2.05, 4.69) is 0 Å². The molecule has 1 saturated heterocycles. The molecule has 5 nitrogen and oxygen atoms in total. The lowest BCUT2D eigenvalue weighted by Gasteiger charge is -2.14. The van der Waals surface area contributed by atoms with Crippen molar-refractivity contribution in [2.24, 2.45) is 0 Å². The molecule has 3 aromatic carbocycles. The smallest absolute Gasteiger partial charge is 0.303 e. The van der Waals surface area contributed by atoms with E-state index in [1.165, 1.54) is 16.7 Å². The number of aliphatic carboxylic acids is 1. The molecule has 0 radical (unpaired) electrons. The molecule has 34 heavy (non-hydrogen) atoms. The van der Waals surface area contributed by atoms with Crippen LogP contribution < -0.4 is 4.74 Å². The second-order valence-corrected chi connectivity index (χ2v) is 10.1. The first-order chi connectivity index (χ1) is 16.3. The molecule has 1 fully saturated rings. The standard InChI is InChI=1S/C25H19Cl2NO4S2/c26-17-9-7-16(20(27)12-17)14-32-21-10-8-15-4-1-2-5-18(15)19(21)13-22-24(31)28(25(33)34-22)11-3-6-23(29)30/h1-2,4-5,7-10,12-13H,3,6,11,14H2,(H,29,30). The van der Waals surface area contributed by atoms with Crippen molar-refractivity contribution in [3.05, 3.63) is 80.7 Å². The fourth-order valence-electron chi connectivity index (χ4n) is 3.56. The van der Waals surface area contributed by atoms with E-state index in [1.54, 1.807) is 18.2 Å². The Bertz CT molecular complexity index is 1330. The van der Waals surface area contributed by atoms with Gasteiger partial charge in [0.15, 0.2) is 0 Å². The van der Waals surface area contributed by atoms with Gasteiger partial charge in [-0.3, -0.25) is 14.5 Å². The van der Waals surface area contributed by atoms with Gasteiger partial charge in [0.2, 0.25) is 0 Å². The first kappa shape index (κ1) is 24.5. The summed E-state index contributed by atoms with van der Waals surface area (Å²) in [6.07, 6.45) is 2.10. The number of carboxylic acid groups (broad SMARTS) is 1. The summed E-state index contributed by atoms with van der Waals surface area (Å²) in [5, 5.41) is 11.9. The van der Waals surface area contributed by atoms with Crippen LogP contribution in [0, 0.1) is 0 Å². The van der Waals surface area contributed by atoms with Crippen molar-refractivity contribution in [3.63, 3.8) is 0 Å². The molecule has 1 amide bonds. The Morgan fingerprint density at radius 2 is 1.94 bits per heavy atom. The maximum Gasteiger partial charge on any atom is 0.303 e. The van der Waals surface area contributed by atoms with Crippen molar-refractivity contribution in [2.45, 2.75) is 19.4 Å². The van der Waals surface area contributed by atoms with Gasteiger partial charge in [0.1, 0.15) is 16.7 Å². The lowest BCUT2D eigenvalue weighted by atomic mass is 10.0. The fraction of sp³-hybridized carbons (Fsp3) is 0.160. The number of amides is 1. The Balaban J connectivity index is 1.65. The zero-order valence-corrected chi connectivity index (χ0v) is 20.9. The highest BCUT2D eigenvalue weighted by molar-refractivity contribution is 8.26. The van der Waals surface area contributed by atoms with Gasteiger partial charge < -0.3 is 9.84 Å². The van der Waals surface area contributed by atoms with Crippen molar-refractivity contribution in [2.75, 3.05) is 6.54 Å². The number of thiocarbonyl (C=S) groups is 1. The van der Waals surface area contributed by atoms with Crippen LogP contribution in [-0.4, -0.2) is 32.7 Å². The van der Waals surface area contributed by atoms with Gasteiger partial charge in [-0.15, -0.1) is 0 Å². The lowest BCUT2D eigenvalue weighted by molar-refractivity contribution is -0.137. The summed E-state index contributed by atoms with van der Waals surface area (Å²) in [6, 6.07) is 16.9. The van der Waals surface area contributed by atoms with Gasteiger partial charge in [-0.1, -0.05) is 83.6 Å². The van der Waals surface area contributed by atoms with E-state index in [4.69, 9.17) is 45.3 Å². The Morgan fingerprint density at radius 1 is 1.15 bits per heavy atom. The molecule has 1 N–H and O–H groups in total. The fourth-order valence-corrected chi connectivity index (χ4v) is 5.31. The molecule has 174 valence electrons. The number of halogens is 2. The van der Waals surface area contributed by atoms with Crippen molar-refractivity contribution in [1.29, 1.82) is 0 Å². The molecular formula is C25H19Cl2NO4S2. The van der Waals surface area contributed by atoms with Crippen LogP contribution >= 0.6 is 47.2 Å². The van der Waals surface area contributed by atoms with E-state index in [0.29, 0.717) is 31.4 Å².